The van der Waals surface area contributed by atoms with Crippen molar-refractivity contribution >= 4 is 55.4 Å². The van der Waals surface area contributed by atoms with Gasteiger partial charge in [-0.3, -0.25) is 4.99 Å². The Morgan fingerprint density at radius 3 is 3.08 bits per heavy atom. The topological polar surface area (TPSA) is 12.4 Å². The first kappa shape index (κ1) is 11.2. The van der Waals surface area contributed by atoms with E-state index >= 15 is 0 Å². The molecule has 0 amide bonds. The third-order valence-electron chi connectivity index (χ3n) is 1.34. The van der Waals surface area contributed by atoms with Gasteiger partial charge in [-0.2, -0.15) is 0 Å². The van der Waals surface area contributed by atoms with Crippen molar-refractivity contribution < 1.29 is 0 Å². The Hall–Kier alpha value is 1.14. The van der Waals surface area contributed by atoms with E-state index in [0.717, 1.165) is 22.0 Å². The van der Waals surface area contributed by atoms with Crippen LogP contribution in [0.3, 0.4) is 0 Å². The zero-order valence-corrected chi connectivity index (χ0v) is 10.8. The van der Waals surface area contributed by atoms with E-state index in [4.69, 9.17) is 11.6 Å². The highest BCUT2D eigenvalue weighted by Crippen LogP contribution is 2.41. The van der Waals surface area contributed by atoms with E-state index in [2.05, 4.69) is 27.8 Å². The Kier molecular flexibility index (Phi) is 4.79. The summed E-state index contributed by atoms with van der Waals surface area (Å²) in [6.45, 7) is 2.90. The van der Waals surface area contributed by atoms with E-state index in [-0.39, 0.29) is 4.21 Å². The molecule has 0 aromatic rings. The Bertz CT molecular complexity index is 188. The van der Waals surface area contributed by atoms with Crippen molar-refractivity contribution in [2.24, 2.45) is 4.99 Å². The smallest absolute Gasteiger partial charge is 0.126 e. The van der Waals surface area contributed by atoms with Crippen molar-refractivity contribution in [2.45, 2.75) is 17.6 Å². The molecule has 70 valence electrons. The second kappa shape index (κ2) is 5.13. The third-order valence-corrected chi connectivity index (χ3v) is 6.01. The second-order valence-electron chi connectivity index (χ2n) is 2.55. The van der Waals surface area contributed by atoms with E-state index in [0.29, 0.717) is 0 Å². The monoisotopic (exact) mass is 287 g/mol. The van der Waals surface area contributed by atoms with Crippen LogP contribution in [-0.2, 0) is 0 Å². The molecule has 12 heavy (non-hydrogen) atoms. The number of nitrogens with zero attached hydrogens (tertiary/aromatic N) is 1. The van der Waals surface area contributed by atoms with E-state index in [1.807, 2.05) is 11.8 Å². The number of halogens is 2. The van der Waals surface area contributed by atoms with Crippen molar-refractivity contribution in [2.75, 3.05) is 17.6 Å². The predicted octanol–water partition coefficient (Wildman–Crippen LogP) is 3.56. The van der Waals surface area contributed by atoms with E-state index in [1.54, 1.807) is 11.8 Å². The summed E-state index contributed by atoms with van der Waals surface area (Å²) in [5, 5.41) is 0.798. The third kappa shape index (κ3) is 3.13. The molecule has 1 unspecified atom stereocenters. The van der Waals surface area contributed by atoms with Crippen LogP contribution in [0.2, 0.25) is 0 Å². The highest BCUT2D eigenvalue weighted by molar-refractivity contribution is 9.09. The fourth-order valence-electron chi connectivity index (χ4n) is 0.738. The Morgan fingerprint density at radius 2 is 2.58 bits per heavy atom. The van der Waals surface area contributed by atoms with Gasteiger partial charge in [0.2, 0.25) is 0 Å². The summed E-state index contributed by atoms with van der Waals surface area (Å²) in [6, 6.07) is 0. The standard InChI is InChI=1S/C7H11BrClNS2/c1-2-3-11-6-10-5-7(9,4-8)12-6/h2-5H2,1H3. The maximum absolute atomic E-state index is 6.22. The van der Waals surface area contributed by atoms with Gasteiger partial charge in [-0.05, 0) is 12.2 Å². The number of hydrogen-bond acceptors (Lipinski definition) is 3. The molecule has 1 atom stereocenters. The molecule has 1 nitrogen and oxygen atoms in total. The number of aliphatic imine (C=N–C) groups is 1. The summed E-state index contributed by atoms with van der Waals surface area (Å²) >= 11 is 13.1. The normalized spacial score (nSPS) is 29.1. The molecule has 0 fully saturated rings. The van der Waals surface area contributed by atoms with Gasteiger partial charge in [-0.25, -0.2) is 0 Å². The molecule has 0 aliphatic carbocycles. The molecule has 1 heterocycles. The van der Waals surface area contributed by atoms with E-state index in [9.17, 15) is 0 Å². The molecule has 0 saturated carbocycles. The molecule has 0 saturated heterocycles. The fraction of sp³-hybridized carbons (Fsp3) is 0.857. The van der Waals surface area contributed by atoms with Gasteiger partial charge >= 0.3 is 0 Å². The number of rotatable bonds is 3. The van der Waals surface area contributed by atoms with Gasteiger partial charge in [0.15, 0.2) is 0 Å². The van der Waals surface area contributed by atoms with Crippen LogP contribution >= 0.6 is 51.1 Å². The lowest BCUT2D eigenvalue weighted by molar-refractivity contribution is 0.920. The molecule has 0 bridgehead atoms. The molecule has 0 radical (unpaired) electrons. The highest BCUT2D eigenvalue weighted by Gasteiger charge is 2.33. The second-order valence-corrected chi connectivity index (χ2v) is 6.77. The Balaban J connectivity index is 2.32. The summed E-state index contributed by atoms with van der Waals surface area (Å²) < 4.78 is 0.932. The van der Waals surface area contributed by atoms with Crippen LogP contribution in [0.5, 0.6) is 0 Å². The van der Waals surface area contributed by atoms with Crippen LogP contribution in [0.25, 0.3) is 0 Å². The lowest BCUT2D eigenvalue weighted by Gasteiger charge is -2.14. The number of thioether (sulfide) groups is 2. The van der Waals surface area contributed by atoms with Crippen LogP contribution in [-0.4, -0.2) is 26.2 Å². The molecule has 0 aromatic carbocycles. The first-order valence-corrected chi connectivity index (χ1v) is 7.11. The van der Waals surface area contributed by atoms with Crippen molar-refractivity contribution in [3.63, 3.8) is 0 Å². The van der Waals surface area contributed by atoms with Gasteiger partial charge in [0.05, 0.1) is 6.54 Å². The zero-order chi connectivity index (χ0) is 9.03. The Labute approximate surface area is 95.2 Å². The molecular formula is C7H11BrClNS2. The maximum Gasteiger partial charge on any atom is 0.126 e. The summed E-state index contributed by atoms with van der Waals surface area (Å²) in [6.07, 6.45) is 1.19. The number of hydrogen-bond donors (Lipinski definition) is 0. The quantitative estimate of drug-likeness (QED) is 0.736. The molecule has 0 aromatic heterocycles. The average Bonchev–Trinajstić information content (AvgIpc) is 2.45. The lowest BCUT2D eigenvalue weighted by Crippen LogP contribution is -2.18. The predicted molar refractivity (Wildman–Crippen MR) is 65.0 cm³/mol. The van der Waals surface area contributed by atoms with Crippen LogP contribution in [0.4, 0.5) is 0 Å². The molecular weight excluding hydrogens is 278 g/mol. The highest BCUT2D eigenvalue weighted by atomic mass is 79.9. The lowest BCUT2D eigenvalue weighted by atomic mass is 10.5. The van der Waals surface area contributed by atoms with E-state index in [1.165, 1.54) is 6.42 Å². The van der Waals surface area contributed by atoms with Gasteiger partial charge in [0.1, 0.15) is 8.58 Å². The first-order chi connectivity index (χ1) is 5.70. The van der Waals surface area contributed by atoms with Crippen molar-refractivity contribution in [1.82, 2.24) is 0 Å². The van der Waals surface area contributed by atoms with E-state index < -0.39 is 0 Å². The van der Waals surface area contributed by atoms with Crippen LogP contribution in [0.1, 0.15) is 13.3 Å². The van der Waals surface area contributed by atoms with Crippen LogP contribution in [0, 0.1) is 0 Å². The minimum absolute atomic E-state index is 0.212. The molecule has 1 rings (SSSR count). The Morgan fingerprint density at radius 1 is 1.83 bits per heavy atom. The summed E-state index contributed by atoms with van der Waals surface area (Å²) in [4.78, 5) is 4.38. The van der Waals surface area contributed by atoms with Gasteiger partial charge in [-0.15, -0.1) is 11.6 Å². The van der Waals surface area contributed by atoms with Crippen LogP contribution in [0.15, 0.2) is 4.99 Å². The first-order valence-electron chi connectivity index (χ1n) is 3.81. The molecule has 0 spiro atoms. The minimum Gasteiger partial charge on any atom is -0.269 e. The van der Waals surface area contributed by atoms with Crippen molar-refractivity contribution in [3.8, 4) is 0 Å². The van der Waals surface area contributed by atoms with Gasteiger partial charge in [0, 0.05) is 5.33 Å². The minimum atomic E-state index is -0.212. The summed E-state index contributed by atoms with van der Waals surface area (Å²) in [7, 11) is 0. The SMILES string of the molecule is CCCSC1=NCC(Cl)(CBr)S1. The molecule has 0 N–H and O–H groups in total. The van der Waals surface area contributed by atoms with Gasteiger partial charge < -0.3 is 0 Å². The fourth-order valence-corrected chi connectivity index (χ4v) is 3.80. The zero-order valence-electron chi connectivity index (χ0n) is 6.85. The summed E-state index contributed by atoms with van der Waals surface area (Å²) in [5.41, 5.74) is 0. The molecule has 5 heteroatoms. The molecule has 1 aliphatic heterocycles. The number of alkyl halides is 2. The van der Waals surface area contributed by atoms with Gasteiger partial charge in [-0.1, -0.05) is 46.4 Å². The van der Waals surface area contributed by atoms with Crippen molar-refractivity contribution in [3.05, 3.63) is 0 Å². The maximum atomic E-state index is 6.22. The van der Waals surface area contributed by atoms with Gasteiger partial charge in [0.25, 0.3) is 0 Å². The largest absolute Gasteiger partial charge is 0.269 e. The average molecular weight is 289 g/mol. The summed E-state index contributed by atoms with van der Waals surface area (Å²) in [5.74, 6) is 1.14. The molecule has 1 aliphatic rings. The van der Waals surface area contributed by atoms with Crippen LogP contribution < -0.4 is 0 Å². The van der Waals surface area contributed by atoms with Crippen molar-refractivity contribution in [1.29, 1.82) is 0 Å².